The van der Waals surface area contributed by atoms with E-state index < -0.39 is 21.8 Å². The van der Waals surface area contributed by atoms with Crippen LogP contribution in [0.2, 0.25) is 0 Å². The van der Waals surface area contributed by atoms with Crippen LogP contribution in [0.1, 0.15) is 10.6 Å². The third-order valence-electron chi connectivity index (χ3n) is 4.45. The molecule has 36 heavy (non-hydrogen) atoms. The topological polar surface area (TPSA) is 213 Å². The van der Waals surface area contributed by atoms with E-state index in [0.717, 1.165) is 17.6 Å². The van der Waals surface area contributed by atoms with Gasteiger partial charge in [0.2, 0.25) is 17.8 Å². The number of non-ortho nitro benzene ring substituents is 1. The van der Waals surface area contributed by atoms with Crippen molar-refractivity contribution in [3.05, 3.63) is 67.2 Å². The van der Waals surface area contributed by atoms with Gasteiger partial charge in [0, 0.05) is 17.8 Å². The Bertz CT molecular complexity index is 1370. The minimum Gasteiger partial charge on any atom is -0.454 e. The smallest absolute Gasteiger partial charge is 0.325 e. The fourth-order valence-electron chi connectivity index (χ4n) is 2.86. The Balaban J connectivity index is 1.29. The summed E-state index contributed by atoms with van der Waals surface area (Å²) in [6, 6.07) is 7.14. The van der Waals surface area contributed by atoms with Crippen molar-refractivity contribution in [2.45, 2.75) is 6.42 Å². The summed E-state index contributed by atoms with van der Waals surface area (Å²) < 4.78 is 10.3. The molecule has 0 bridgehead atoms. The largest absolute Gasteiger partial charge is 0.454 e. The van der Waals surface area contributed by atoms with Gasteiger partial charge in [-0.3, -0.25) is 30.3 Å². The van der Waals surface area contributed by atoms with Gasteiger partial charge in [0.25, 0.3) is 11.4 Å². The van der Waals surface area contributed by atoms with Crippen LogP contribution in [0, 0.1) is 20.2 Å². The summed E-state index contributed by atoms with van der Waals surface area (Å²) in [6.45, 7) is -0.0543. The zero-order chi connectivity index (χ0) is 25.7. The average Bonchev–Trinajstić information content (AvgIpc) is 3.47. The summed E-state index contributed by atoms with van der Waals surface area (Å²) in [5.41, 5.74) is 2.27. The molecule has 0 spiro atoms. The van der Waals surface area contributed by atoms with Gasteiger partial charge in [0.1, 0.15) is 5.01 Å². The lowest BCUT2D eigenvalue weighted by atomic mass is 10.1. The van der Waals surface area contributed by atoms with Crippen molar-refractivity contribution >= 4 is 51.7 Å². The molecule has 0 fully saturated rings. The van der Waals surface area contributed by atoms with Gasteiger partial charge in [-0.2, -0.15) is 5.10 Å². The molecule has 0 radical (unpaired) electrons. The molecule has 0 atom stereocenters. The van der Waals surface area contributed by atoms with E-state index in [-0.39, 0.29) is 46.0 Å². The van der Waals surface area contributed by atoms with Gasteiger partial charge in [-0.05, 0) is 18.2 Å². The second-order valence-electron chi connectivity index (χ2n) is 6.88. The van der Waals surface area contributed by atoms with Crippen molar-refractivity contribution in [1.29, 1.82) is 0 Å². The minimum absolute atomic E-state index is 0.0543. The van der Waals surface area contributed by atoms with Gasteiger partial charge >= 0.3 is 6.03 Å². The number of rotatable bonds is 8. The average molecular weight is 514 g/mol. The molecule has 0 unspecified atom stereocenters. The Morgan fingerprint density at radius 3 is 2.47 bits per heavy atom. The van der Waals surface area contributed by atoms with Crippen LogP contribution < -0.4 is 25.5 Å². The molecule has 2 heterocycles. The quantitative estimate of drug-likeness (QED) is 0.227. The molecule has 4 rings (SSSR count). The lowest BCUT2D eigenvalue weighted by Crippen LogP contribution is -2.19. The number of hydrogen-bond acceptors (Lipinski definition) is 12. The number of ether oxygens (including phenoxy) is 2. The molecule has 1 aromatic heterocycles. The highest BCUT2D eigenvalue weighted by atomic mass is 32.1. The van der Waals surface area contributed by atoms with E-state index in [1.807, 2.05) is 0 Å². The minimum atomic E-state index is -0.661. The van der Waals surface area contributed by atoms with Crippen LogP contribution in [0.25, 0.3) is 0 Å². The Labute approximate surface area is 204 Å². The maximum Gasteiger partial charge on any atom is 0.325 e. The molecule has 0 saturated heterocycles. The molecule has 1 aliphatic rings. The summed E-state index contributed by atoms with van der Waals surface area (Å²) in [4.78, 5) is 45.0. The molecule has 1 aliphatic heterocycles. The molecular weight excluding hydrogens is 500 g/mol. The van der Waals surface area contributed by atoms with Crippen LogP contribution in [0.15, 0.2) is 41.5 Å². The van der Waals surface area contributed by atoms with E-state index in [0.29, 0.717) is 11.4 Å². The van der Waals surface area contributed by atoms with Gasteiger partial charge in [0.15, 0.2) is 11.5 Å². The third kappa shape index (κ3) is 5.83. The monoisotopic (exact) mass is 514 g/mol. The molecule has 3 N–H and O–H groups in total. The van der Waals surface area contributed by atoms with Crippen molar-refractivity contribution in [1.82, 2.24) is 15.6 Å². The predicted molar refractivity (Wildman–Crippen MR) is 124 cm³/mol. The second-order valence-corrected chi connectivity index (χ2v) is 7.94. The number of aromatic nitrogens is 2. The fourth-order valence-corrected chi connectivity index (χ4v) is 3.59. The lowest BCUT2D eigenvalue weighted by Gasteiger charge is -2.04. The van der Waals surface area contributed by atoms with Crippen molar-refractivity contribution in [3.63, 3.8) is 0 Å². The van der Waals surface area contributed by atoms with E-state index in [1.54, 1.807) is 0 Å². The molecule has 17 heteroatoms. The van der Waals surface area contributed by atoms with Gasteiger partial charge < -0.3 is 14.8 Å². The number of nitro groups is 2. The fraction of sp³-hybridized carbons (Fsp3) is 0.105. The van der Waals surface area contributed by atoms with Gasteiger partial charge in [-0.25, -0.2) is 10.2 Å². The highest BCUT2D eigenvalue weighted by Crippen LogP contribution is 2.37. The molecule has 2 aromatic carbocycles. The number of nitrogens with zero attached hydrogens (tertiary/aromatic N) is 5. The first kappa shape index (κ1) is 24.0. The van der Waals surface area contributed by atoms with Crippen LogP contribution in [0.5, 0.6) is 11.5 Å². The number of benzene rings is 2. The second kappa shape index (κ2) is 10.4. The Kier molecular flexibility index (Phi) is 6.91. The van der Waals surface area contributed by atoms with E-state index in [1.165, 1.54) is 36.4 Å². The first-order chi connectivity index (χ1) is 17.3. The van der Waals surface area contributed by atoms with Gasteiger partial charge in [-0.1, -0.05) is 11.3 Å². The Morgan fingerprint density at radius 1 is 1.06 bits per heavy atom. The molecule has 3 amide bonds. The van der Waals surface area contributed by atoms with Crippen LogP contribution in [-0.2, 0) is 11.2 Å². The number of fused-ring (bicyclic) bond motifs is 1. The van der Waals surface area contributed by atoms with Crippen LogP contribution >= 0.6 is 11.3 Å². The number of carbonyl (C=O) groups excluding carboxylic acids is 2. The summed E-state index contributed by atoms with van der Waals surface area (Å²) in [7, 11) is 0. The van der Waals surface area contributed by atoms with Crippen molar-refractivity contribution in [2.75, 3.05) is 17.4 Å². The van der Waals surface area contributed by atoms with Crippen LogP contribution in [0.3, 0.4) is 0 Å². The number of amides is 3. The zero-order valence-electron chi connectivity index (χ0n) is 17.9. The Hall–Kier alpha value is -5.19. The first-order valence-electron chi connectivity index (χ1n) is 9.83. The highest BCUT2D eigenvalue weighted by Gasteiger charge is 2.22. The molecule has 184 valence electrons. The number of urea groups is 1. The maximum atomic E-state index is 12.1. The predicted octanol–water partition coefficient (Wildman–Crippen LogP) is 2.42. The van der Waals surface area contributed by atoms with E-state index in [4.69, 9.17) is 9.47 Å². The maximum absolute atomic E-state index is 12.1. The number of nitro benzene ring substituents is 2. The van der Waals surface area contributed by atoms with Gasteiger partial charge in [0.05, 0.1) is 34.1 Å². The van der Waals surface area contributed by atoms with Crippen LogP contribution in [-0.4, -0.2) is 45.0 Å². The third-order valence-corrected chi connectivity index (χ3v) is 5.29. The summed E-state index contributed by atoms with van der Waals surface area (Å²) in [5.74, 6) is -0.0162. The summed E-state index contributed by atoms with van der Waals surface area (Å²) in [6.07, 6.45) is 0.886. The Morgan fingerprint density at radius 2 is 1.78 bits per heavy atom. The number of nitrogens with one attached hydrogen (secondary N) is 3. The number of carbonyl (C=O) groups is 2. The summed E-state index contributed by atoms with van der Waals surface area (Å²) >= 11 is 0.940. The SMILES string of the molecule is O=C(Cc1nnc(NC(=O)Nc2ccc([N+](=O)[O-])cc2)s1)N/N=C\c1cc2c(cc1[N+](=O)[O-])OCO2. The van der Waals surface area contributed by atoms with Crippen LogP contribution in [0.4, 0.5) is 27.0 Å². The van der Waals surface area contributed by atoms with Crippen molar-refractivity contribution < 1.29 is 28.9 Å². The molecule has 3 aromatic rings. The lowest BCUT2D eigenvalue weighted by molar-refractivity contribution is -0.385. The molecule has 0 saturated carbocycles. The van der Waals surface area contributed by atoms with Crippen molar-refractivity contribution in [2.24, 2.45) is 5.10 Å². The zero-order valence-corrected chi connectivity index (χ0v) is 18.7. The normalized spacial score (nSPS) is 11.8. The standard InChI is InChI=1S/C19H14N8O8S/c28-16(23-20-8-10-5-14-15(35-9-34-14)6-13(10)27(32)33)7-17-24-25-19(36-17)22-18(29)21-11-1-3-12(4-2-11)26(30)31/h1-6,8H,7,9H2,(H,23,28)(H2,21,22,25,29)/b20-8-. The molecule has 16 nitrogen and oxygen atoms in total. The van der Waals surface area contributed by atoms with Crippen molar-refractivity contribution in [3.8, 4) is 11.5 Å². The van der Waals surface area contributed by atoms with Gasteiger partial charge in [-0.15, -0.1) is 10.2 Å². The number of hydrazone groups is 1. The number of anilines is 2. The molecule has 0 aliphatic carbocycles. The highest BCUT2D eigenvalue weighted by molar-refractivity contribution is 7.15. The van der Waals surface area contributed by atoms with E-state index >= 15 is 0 Å². The molecular formula is C19H14N8O8S. The first-order valence-corrected chi connectivity index (χ1v) is 10.6. The number of hydrogen-bond donors (Lipinski definition) is 3. The van der Waals surface area contributed by atoms with E-state index in [2.05, 4.69) is 31.4 Å². The van der Waals surface area contributed by atoms with E-state index in [9.17, 15) is 29.8 Å². The summed E-state index contributed by atoms with van der Waals surface area (Å²) in [5, 5.41) is 38.5.